The number of hydrogen-bond donors (Lipinski definition) is 1. The summed E-state index contributed by atoms with van der Waals surface area (Å²) in [4.78, 5) is 12.5. The van der Waals surface area contributed by atoms with E-state index in [9.17, 15) is 4.79 Å². The minimum absolute atomic E-state index is 0.110. The Bertz CT molecular complexity index is 350. The Morgan fingerprint density at radius 1 is 1.75 bits per heavy atom. The van der Waals surface area contributed by atoms with Crippen LogP contribution in [0.5, 0.6) is 0 Å². The van der Waals surface area contributed by atoms with Gasteiger partial charge in [0.1, 0.15) is 0 Å². The Kier molecular flexibility index (Phi) is 5.75. The predicted octanol–water partition coefficient (Wildman–Crippen LogP) is 2.80. The highest BCUT2D eigenvalue weighted by molar-refractivity contribution is 9.11. The van der Waals surface area contributed by atoms with Crippen molar-refractivity contribution in [3.05, 3.63) is 20.3 Å². The molecule has 1 heterocycles. The number of rotatable bonds is 5. The van der Waals surface area contributed by atoms with E-state index in [0.29, 0.717) is 17.4 Å². The second-order valence-corrected chi connectivity index (χ2v) is 6.03. The normalized spacial score (nSPS) is 12.5. The molecule has 0 aromatic carbocycles. The number of ether oxygens (including phenoxy) is 1. The van der Waals surface area contributed by atoms with Gasteiger partial charge in [-0.15, -0.1) is 22.9 Å². The molecule has 90 valence electrons. The van der Waals surface area contributed by atoms with Crippen LogP contribution in [0, 0.1) is 6.92 Å². The lowest BCUT2D eigenvalue weighted by Gasteiger charge is -2.13. The Hall–Kier alpha value is -0.100. The van der Waals surface area contributed by atoms with E-state index < -0.39 is 0 Å². The van der Waals surface area contributed by atoms with Crippen molar-refractivity contribution in [1.29, 1.82) is 0 Å². The molecule has 0 fully saturated rings. The molecule has 1 unspecified atom stereocenters. The molecule has 3 nitrogen and oxygen atoms in total. The zero-order valence-corrected chi connectivity index (χ0v) is 12.2. The van der Waals surface area contributed by atoms with E-state index in [4.69, 9.17) is 16.3 Å². The van der Waals surface area contributed by atoms with Crippen LogP contribution in [-0.2, 0) is 4.74 Å². The smallest absolute Gasteiger partial charge is 0.261 e. The first-order chi connectivity index (χ1) is 7.58. The lowest BCUT2D eigenvalue weighted by molar-refractivity contribution is 0.0911. The summed E-state index contributed by atoms with van der Waals surface area (Å²) in [5.41, 5.74) is 1.06. The summed E-state index contributed by atoms with van der Waals surface area (Å²) in [6.45, 7) is 2.37. The Morgan fingerprint density at radius 3 is 2.88 bits per heavy atom. The number of hydrogen-bond acceptors (Lipinski definition) is 3. The largest absolute Gasteiger partial charge is 0.383 e. The molecule has 0 radical (unpaired) electrons. The number of carbonyl (C=O) groups is 1. The number of thiophene rings is 1. The van der Waals surface area contributed by atoms with Crippen LogP contribution in [-0.4, -0.2) is 31.5 Å². The lowest BCUT2D eigenvalue weighted by atomic mass is 10.3. The van der Waals surface area contributed by atoms with Crippen molar-refractivity contribution in [2.45, 2.75) is 13.0 Å². The van der Waals surface area contributed by atoms with Crippen molar-refractivity contribution in [2.24, 2.45) is 0 Å². The zero-order valence-electron chi connectivity index (χ0n) is 9.05. The SMILES string of the molecule is COCC(CCl)NC(=O)c1cc(C)c(Br)s1. The second-order valence-electron chi connectivity index (χ2n) is 3.35. The van der Waals surface area contributed by atoms with E-state index in [1.54, 1.807) is 7.11 Å². The molecule has 16 heavy (non-hydrogen) atoms. The third-order valence-corrected chi connectivity index (χ3v) is 4.48. The van der Waals surface area contributed by atoms with Gasteiger partial charge < -0.3 is 10.1 Å². The molecule has 0 saturated heterocycles. The fraction of sp³-hybridized carbons (Fsp3) is 0.500. The van der Waals surface area contributed by atoms with Crippen LogP contribution in [0.4, 0.5) is 0 Å². The molecule has 1 aromatic rings. The minimum Gasteiger partial charge on any atom is -0.383 e. The van der Waals surface area contributed by atoms with Crippen molar-refractivity contribution >= 4 is 44.8 Å². The molecule has 6 heteroatoms. The summed E-state index contributed by atoms with van der Waals surface area (Å²) >= 11 is 10.5. The monoisotopic (exact) mass is 325 g/mol. The molecule has 0 aliphatic carbocycles. The van der Waals surface area contributed by atoms with Crippen molar-refractivity contribution in [3.8, 4) is 0 Å². The van der Waals surface area contributed by atoms with E-state index >= 15 is 0 Å². The van der Waals surface area contributed by atoms with Crippen molar-refractivity contribution in [1.82, 2.24) is 5.32 Å². The highest BCUT2D eigenvalue weighted by Crippen LogP contribution is 2.27. The van der Waals surface area contributed by atoms with Crippen LogP contribution in [0.3, 0.4) is 0 Å². The second kappa shape index (κ2) is 6.59. The third-order valence-electron chi connectivity index (χ3n) is 1.97. The van der Waals surface area contributed by atoms with Crippen LogP contribution in [0.25, 0.3) is 0 Å². The van der Waals surface area contributed by atoms with Gasteiger partial charge in [-0.3, -0.25) is 4.79 Å². The van der Waals surface area contributed by atoms with Crippen LogP contribution in [0.15, 0.2) is 9.85 Å². The standard InChI is InChI=1S/C10H13BrClNO2S/c1-6-3-8(16-9(6)11)10(14)13-7(4-12)5-15-2/h3,7H,4-5H2,1-2H3,(H,13,14). The average molecular weight is 327 g/mol. The highest BCUT2D eigenvalue weighted by atomic mass is 79.9. The predicted molar refractivity (Wildman–Crippen MR) is 70.6 cm³/mol. The Morgan fingerprint density at radius 2 is 2.44 bits per heavy atom. The molecular formula is C10H13BrClNO2S. The summed E-state index contributed by atoms with van der Waals surface area (Å²) in [5, 5.41) is 2.82. The Balaban J connectivity index is 2.64. The molecule has 1 N–H and O–H groups in total. The van der Waals surface area contributed by atoms with Crippen molar-refractivity contribution in [3.63, 3.8) is 0 Å². The van der Waals surface area contributed by atoms with E-state index in [1.165, 1.54) is 11.3 Å². The number of methoxy groups -OCH3 is 1. The quantitative estimate of drug-likeness (QED) is 0.845. The molecule has 1 aromatic heterocycles. The molecule has 0 bridgehead atoms. The Labute approximate surface area is 112 Å². The highest BCUT2D eigenvalue weighted by Gasteiger charge is 2.15. The van der Waals surface area contributed by atoms with Gasteiger partial charge in [0, 0.05) is 13.0 Å². The average Bonchev–Trinajstić information content (AvgIpc) is 2.58. The summed E-state index contributed by atoms with van der Waals surface area (Å²) in [6, 6.07) is 1.70. The summed E-state index contributed by atoms with van der Waals surface area (Å²) < 4.78 is 5.93. The number of carbonyl (C=O) groups excluding carboxylic acids is 1. The summed E-state index contributed by atoms with van der Waals surface area (Å²) in [7, 11) is 1.58. The van der Waals surface area contributed by atoms with Gasteiger partial charge in [-0.25, -0.2) is 0 Å². The molecule has 1 rings (SSSR count). The van der Waals surface area contributed by atoms with E-state index in [2.05, 4.69) is 21.2 Å². The fourth-order valence-electron chi connectivity index (χ4n) is 1.15. The number of aryl methyl sites for hydroxylation is 1. The van der Waals surface area contributed by atoms with Gasteiger partial charge in [-0.1, -0.05) is 0 Å². The fourth-order valence-corrected chi connectivity index (χ4v) is 2.76. The molecule has 1 atom stereocenters. The van der Waals surface area contributed by atoms with Crippen LogP contribution in [0.1, 0.15) is 15.2 Å². The van der Waals surface area contributed by atoms with Crippen LogP contribution in [0.2, 0.25) is 0 Å². The lowest BCUT2D eigenvalue weighted by Crippen LogP contribution is -2.39. The van der Waals surface area contributed by atoms with Gasteiger partial charge in [0.05, 0.1) is 21.3 Å². The first kappa shape index (κ1) is 14.0. The van der Waals surface area contributed by atoms with E-state index in [-0.39, 0.29) is 11.9 Å². The third kappa shape index (κ3) is 3.73. The minimum atomic E-state index is -0.152. The maximum Gasteiger partial charge on any atom is 0.261 e. The van der Waals surface area contributed by atoms with Gasteiger partial charge in [0.2, 0.25) is 0 Å². The summed E-state index contributed by atoms with van der Waals surface area (Å²) in [5.74, 6) is 0.229. The van der Waals surface area contributed by atoms with E-state index in [0.717, 1.165) is 9.35 Å². The zero-order chi connectivity index (χ0) is 12.1. The topological polar surface area (TPSA) is 38.3 Å². The molecule has 1 amide bonds. The van der Waals surface area contributed by atoms with Gasteiger partial charge >= 0.3 is 0 Å². The number of amides is 1. The molecular weight excluding hydrogens is 314 g/mol. The molecule has 0 aliphatic heterocycles. The number of alkyl halides is 1. The molecule has 0 aliphatic rings. The van der Waals surface area contributed by atoms with Gasteiger partial charge in [0.25, 0.3) is 5.91 Å². The molecule has 0 spiro atoms. The first-order valence-electron chi connectivity index (χ1n) is 4.70. The van der Waals surface area contributed by atoms with Gasteiger partial charge in [0.15, 0.2) is 0 Å². The number of halogens is 2. The maximum absolute atomic E-state index is 11.8. The van der Waals surface area contributed by atoms with Crippen molar-refractivity contribution < 1.29 is 9.53 Å². The van der Waals surface area contributed by atoms with E-state index in [1.807, 2.05) is 13.0 Å². The van der Waals surface area contributed by atoms with Crippen LogP contribution >= 0.6 is 38.9 Å². The maximum atomic E-state index is 11.8. The van der Waals surface area contributed by atoms with Crippen LogP contribution < -0.4 is 5.32 Å². The van der Waals surface area contributed by atoms with Crippen molar-refractivity contribution in [2.75, 3.05) is 19.6 Å². The molecule has 0 saturated carbocycles. The summed E-state index contributed by atoms with van der Waals surface area (Å²) in [6.07, 6.45) is 0. The first-order valence-corrected chi connectivity index (χ1v) is 6.84. The number of nitrogens with one attached hydrogen (secondary N) is 1. The van der Waals surface area contributed by atoms with Gasteiger partial charge in [-0.2, -0.15) is 0 Å². The van der Waals surface area contributed by atoms with Gasteiger partial charge in [-0.05, 0) is 34.5 Å².